The van der Waals surface area contributed by atoms with Crippen LogP contribution in [0.25, 0.3) is 10.2 Å². The van der Waals surface area contributed by atoms with Crippen LogP contribution < -0.4 is 4.74 Å². The first-order valence-electron chi connectivity index (χ1n) is 6.40. The number of benzene rings is 1. The zero-order chi connectivity index (χ0) is 13.4. The van der Waals surface area contributed by atoms with Crippen LogP contribution in [0.15, 0.2) is 23.2 Å². The maximum atomic E-state index is 5.72. The molecule has 3 rings (SSSR count). The number of hydrogen-bond acceptors (Lipinski definition) is 5. The monoisotopic (exact) mass is 292 g/mol. The maximum Gasteiger partial charge on any atom is 0.149 e. The Bertz CT molecular complexity index is 633. The molecule has 1 aliphatic rings. The quantitative estimate of drug-likeness (QED) is 0.858. The van der Waals surface area contributed by atoms with E-state index in [1.807, 2.05) is 26.0 Å². The van der Waals surface area contributed by atoms with E-state index in [2.05, 4.69) is 23.0 Å². The molecule has 0 saturated heterocycles. The number of thioether (sulfide) groups is 1. The summed E-state index contributed by atoms with van der Waals surface area (Å²) in [6, 6.07) is 6.49. The van der Waals surface area contributed by atoms with Crippen molar-refractivity contribution >= 4 is 38.4 Å². The molecule has 1 unspecified atom stereocenters. The van der Waals surface area contributed by atoms with Crippen LogP contribution in [-0.4, -0.2) is 27.9 Å². The average molecular weight is 292 g/mol. The van der Waals surface area contributed by atoms with Gasteiger partial charge in [-0.1, -0.05) is 0 Å². The fourth-order valence-corrected chi connectivity index (χ4v) is 4.02. The van der Waals surface area contributed by atoms with E-state index in [0.717, 1.165) is 31.8 Å². The zero-order valence-corrected chi connectivity index (χ0v) is 12.8. The van der Waals surface area contributed by atoms with Crippen molar-refractivity contribution in [2.45, 2.75) is 32.9 Å². The summed E-state index contributed by atoms with van der Waals surface area (Å²) in [5.74, 6) is 1.97. The Morgan fingerprint density at radius 2 is 2.21 bits per heavy atom. The highest BCUT2D eigenvalue weighted by molar-refractivity contribution is 8.15. The van der Waals surface area contributed by atoms with Crippen molar-refractivity contribution < 1.29 is 4.74 Å². The van der Waals surface area contributed by atoms with Gasteiger partial charge >= 0.3 is 0 Å². The molecule has 0 amide bonds. The lowest BCUT2D eigenvalue weighted by molar-refractivity contribution is 0.243. The van der Waals surface area contributed by atoms with E-state index in [0.29, 0.717) is 6.04 Å². The Morgan fingerprint density at radius 3 is 2.89 bits per heavy atom. The van der Waals surface area contributed by atoms with E-state index < -0.39 is 0 Å². The van der Waals surface area contributed by atoms with Crippen LogP contribution in [0.3, 0.4) is 0 Å². The normalized spacial score (nSPS) is 19.2. The van der Waals surface area contributed by atoms with Crippen molar-refractivity contribution in [2.24, 2.45) is 4.99 Å². The molecule has 1 aromatic carbocycles. The van der Waals surface area contributed by atoms with Gasteiger partial charge in [-0.05, 0) is 39.0 Å². The first kappa shape index (κ1) is 12.9. The molecule has 5 heteroatoms. The van der Waals surface area contributed by atoms with Gasteiger partial charge in [-0.15, -0.1) is 23.1 Å². The van der Waals surface area contributed by atoms with Crippen molar-refractivity contribution in [1.82, 2.24) is 4.98 Å². The van der Waals surface area contributed by atoms with Gasteiger partial charge in [0.05, 0.1) is 22.4 Å². The molecule has 2 heterocycles. The highest BCUT2D eigenvalue weighted by Crippen LogP contribution is 2.31. The molecule has 19 heavy (non-hydrogen) atoms. The van der Waals surface area contributed by atoms with Crippen molar-refractivity contribution in [1.29, 1.82) is 0 Å². The van der Waals surface area contributed by atoms with Crippen molar-refractivity contribution in [2.75, 3.05) is 5.75 Å². The van der Waals surface area contributed by atoms with Gasteiger partial charge in [-0.25, -0.2) is 4.98 Å². The number of thiazole rings is 1. The number of hydrogen-bond donors (Lipinski definition) is 0. The molecule has 1 aliphatic heterocycles. The molecule has 0 aliphatic carbocycles. The summed E-state index contributed by atoms with van der Waals surface area (Å²) in [4.78, 5) is 9.28. The molecule has 1 aromatic heterocycles. The molecule has 0 spiro atoms. The second-order valence-electron chi connectivity index (χ2n) is 4.91. The molecule has 3 nitrogen and oxygen atoms in total. The van der Waals surface area contributed by atoms with Crippen LogP contribution in [0, 0.1) is 0 Å². The minimum Gasteiger partial charge on any atom is -0.491 e. The highest BCUT2D eigenvalue weighted by atomic mass is 32.2. The molecule has 0 N–H and O–H groups in total. The first-order chi connectivity index (χ1) is 9.11. The number of aromatic nitrogens is 1. The Balaban J connectivity index is 1.94. The third kappa shape index (κ3) is 2.77. The fraction of sp³-hybridized carbons (Fsp3) is 0.429. The van der Waals surface area contributed by atoms with Crippen LogP contribution in [0.1, 0.15) is 25.8 Å². The van der Waals surface area contributed by atoms with Gasteiger partial charge in [0.1, 0.15) is 15.8 Å². The molecule has 0 fully saturated rings. The average Bonchev–Trinajstić information content (AvgIpc) is 2.93. The molecule has 0 radical (unpaired) electrons. The predicted molar refractivity (Wildman–Crippen MR) is 83.8 cm³/mol. The second kappa shape index (κ2) is 5.13. The van der Waals surface area contributed by atoms with Gasteiger partial charge in [0.15, 0.2) is 0 Å². The molecule has 0 saturated carbocycles. The lowest BCUT2D eigenvalue weighted by Crippen LogP contribution is -2.04. The fourth-order valence-electron chi connectivity index (χ4n) is 1.93. The van der Waals surface area contributed by atoms with E-state index >= 15 is 0 Å². The Hall–Kier alpha value is -1.07. The molecule has 0 bridgehead atoms. The number of rotatable bonds is 3. The SMILES string of the molecule is CC1CSC(c2nc3ccc(OC(C)C)cc3s2)=N1. The van der Waals surface area contributed by atoms with Gasteiger partial charge in [0.25, 0.3) is 0 Å². The predicted octanol–water partition coefficient (Wildman–Crippen LogP) is 3.97. The lowest BCUT2D eigenvalue weighted by Gasteiger charge is -2.08. The summed E-state index contributed by atoms with van der Waals surface area (Å²) in [6.45, 7) is 6.21. The summed E-state index contributed by atoms with van der Waals surface area (Å²) in [5.41, 5.74) is 1.03. The summed E-state index contributed by atoms with van der Waals surface area (Å²) in [7, 11) is 0. The van der Waals surface area contributed by atoms with E-state index in [-0.39, 0.29) is 6.10 Å². The van der Waals surface area contributed by atoms with Crippen LogP contribution in [0.4, 0.5) is 0 Å². The minimum atomic E-state index is 0.195. The van der Waals surface area contributed by atoms with Crippen molar-refractivity contribution in [3.05, 3.63) is 23.2 Å². The lowest BCUT2D eigenvalue weighted by atomic mass is 10.3. The number of aliphatic imine (C=N–C) groups is 1. The standard InChI is InChI=1S/C14H16N2OS2/c1-8(2)17-10-4-5-11-12(6-10)19-14(16-11)13-15-9(3)7-18-13/h4-6,8-9H,7H2,1-3H3. The largest absolute Gasteiger partial charge is 0.491 e. The zero-order valence-electron chi connectivity index (χ0n) is 11.2. The van der Waals surface area contributed by atoms with Crippen molar-refractivity contribution in [3.8, 4) is 5.75 Å². The topological polar surface area (TPSA) is 34.5 Å². The first-order valence-corrected chi connectivity index (χ1v) is 8.20. The van der Waals surface area contributed by atoms with E-state index in [1.165, 1.54) is 0 Å². The smallest absolute Gasteiger partial charge is 0.149 e. The van der Waals surface area contributed by atoms with Gasteiger partial charge in [-0.2, -0.15) is 0 Å². The van der Waals surface area contributed by atoms with Crippen LogP contribution >= 0.6 is 23.1 Å². The molecular formula is C14H16N2OS2. The Kier molecular flexibility index (Phi) is 3.50. The minimum absolute atomic E-state index is 0.195. The summed E-state index contributed by atoms with van der Waals surface area (Å²) in [6.07, 6.45) is 0.195. The third-order valence-corrected chi connectivity index (χ3v) is 5.09. The molecular weight excluding hydrogens is 276 g/mol. The van der Waals surface area contributed by atoms with Gasteiger partial charge < -0.3 is 4.74 Å². The van der Waals surface area contributed by atoms with E-state index in [1.54, 1.807) is 23.1 Å². The Morgan fingerprint density at radius 1 is 1.37 bits per heavy atom. The van der Waals surface area contributed by atoms with Crippen LogP contribution in [-0.2, 0) is 0 Å². The van der Waals surface area contributed by atoms with E-state index in [9.17, 15) is 0 Å². The van der Waals surface area contributed by atoms with Crippen molar-refractivity contribution in [3.63, 3.8) is 0 Å². The number of ether oxygens (including phenoxy) is 1. The molecule has 1 atom stereocenters. The molecule has 100 valence electrons. The maximum absolute atomic E-state index is 5.72. The molecule has 2 aromatic rings. The second-order valence-corrected chi connectivity index (χ2v) is 6.95. The summed E-state index contributed by atoms with van der Waals surface area (Å²) < 4.78 is 6.88. The number of fused-ring (bicyclic) bond motifs is 1. The number of nitrogens with zero attached hydrogens (tertiary/aromatic N) is 2. The highest BCUT2D eigenvalue weighted by Gasteiger charge is 2.19. The van der Waals surface area contributed by atoms with Crippen LogP contribution in [0.2, 0.25) is 0 Å². The third-order valence-electron chi connectivity index (χ3n) is 2.71. The van der Waals surface area contributed by atoms with Crippen LogP contribution in [0.5, 0.6) is 5.75 Å². The van der Waals surface area contributed by atoms with Gasteiger partial charge in [0.2, 0.25) is 0 Å². The summed E-state index contributed by atoms with van der Waals surface area (Å²) in [5, 5.41) is 2.12. The summed E-state index contributed by atoms with van der Waals surface area (Å²) >= 11 is 3.50. The van der Waals surface area contributed by atoms with Gasteiger partial charge in [0, 0.05) is 5.75 Å². The Labute approximate surface area is 121 Å². The van der Waals surface area contributed by atoms with Gasteiger partial charge in [-0.3, -0.25) is 4.99 Å². The van der Waals surface area contributed by atoms with E-state index in [4.69, 9.17) is 4.74 Å².